The van der Waals surface area contributed by atoms with Crippen molar-refractivity contribution in [1.82, 2.24) is 4.90 Å². The van der Waals surface area contributed by atoms with E-state index in [1.165, 1.54) is 5.56 Å². The average Bonchev–Trinajstić information content (AvgIpc) is 3.19. The van der Waals surface area contributed by atoms with Crippen LogP contribution in [0.2, 0.25) is 0 Å². The molecule has 5 rings (SSSR count). The molecule has 0 radical (unpaired) electrons. The van der Waals surface area contributed by atoms with E-state index in [4.69, 9.17) is 19.3 Å². The Hall–Kier alpha value is -2.83. The topological polar surface area (TPSA) is 68.2 Å². The van der Waals surface area contributed by atoms with Crippen molar-refractivity contribution in [2.75, 3.05) is 13.7 Å². The Kier molecular flexibility index (Phi) is 5.67. The Bertz CT molecular complexity index is 1060. The first-order valence-corrected chi connectivity index (χ1v) is 11.6. The van der Waals surface area contributed by atoms with Crippen LogP contribution in [0.4, 0.5) is 0 Å². The van der Waals surface area contributed by atoms with Crippen molar-refractivity contribution < 1.29 is 24.1 Å². The zero-order chi connectivity index (χ0) is 23.2. The molecule has 2 saturated heterocycles. The molecule has 2 aromatic rings. The number of carboxylic acid groups (broad SMARTS) is 1. The highest BCUT2D eigenvalue weighted by Gasteiger charge is 2.53. The molecule has 0 saturated carbocycles. The van der Waals surface area contributed by atoms with Crippen LogP contribution in [0.15, 0.2) is 48.5 Å². The highest BCUT2D eigenvalue weighted by Crippen LogP contribution is 2.54. The lowest BCUT2D eigenvalue weighted by Crippen LogP contribution is -2.53. The molecule has 0 bridgehead atoms. The van der Waals surface area contributed by atoms with Gasteiger partial charge in [-0.1, -0.05) is 36.4 Å². The van der Waals surface area contributed by atoms with Crippen molar-refractivity contribution in [2.24, 2.45) is 5.92 Å². The van der Waals surface area contributed by atoms with Crippen molar-refractivity contribution in [2.45, 2.75) is 57.1 Å². The maximum atomic E-state index is 10.7. The summed E-state index contributed by atoms with van der Waals surface area (Å²) >= 11 is 0. The van der Waals surface area contributed by atoms with Crippen LogP contribution >= 0.6 is 0 Å². The molecule has 0 aromatic heterocycles. The normalized spacial score (nSPS) is 28.0. The molecule has 3 aliphatic rings. The first-order valence-electron chi connectivity index (χ1n) is 11.6. The molecule has 174 valence electrons. The van der Waals surface area contributed by atoms with Gasteiger partial charge in [0.25, 0.3) is 0 Å². The van der Waals surface area contributed by atoms with Crippen molar-refractivity contribution >= 4 is 12.0 Å². The van der Waals surface area contributed by atoms with E-state index in [1.807, 2.05) is 24.3 Å². The number of carbonyl (C=O) groups is 1. The van der Waals surface area contributed by atoms with Gasteiger partial charge >= 0.3 is 5.97 Å². The first kappa shape index (κ1) is 22.0. The van der Waals surface area contributed by atoms with Gasteiger partial charge in [-0.25, -0.2) is 4.79 Å². The number of nitrogens with zero attached hydrogens (tertiary/aromatic N) is 1. The zero-order valence-electron chi connectivity index (χ0n) is 19.4. The summed E-state index contributed by atoms with van der Waals surface area (Å²) in [5.41, 5.74) is 2.85. The fourth-order valence-electron chi connectivity index (χ4n) is 5.65. The number of hydrogen-bond acceptors (Lipinski definition) is 5. The molecule has 2 fully saturated rings. The Balaban J connectivity index is 1.34. The van der Waals surface area contributed by atoms with E-state index in [1.54, 1.807) is 13.2 Å². The van der Waals surface area contributed by atoms with Gasteiger partial charge in [-0.05, 0) is 50.0 Å². The minimum atomic E-state index is -0.937. The quantitative estimate of drug-likeness (QED) is 0.669. The maximum absolute atomic E-state index is 10.7. The predicted molar refractivity (Wildman–Crippen MR) is 125 cm³/mol. The van der Waals surface area contributed by atoms with Crippen molar-refractivity contribution in [1.29, 1.82) is 0 Å². The summed E-state index contributed by atoms with van der Waals surface area (Å²) in [4.78, 5) is 13.3. The lowest BCUT2D eigenvalue weighted by atomic mass is 9.74. The minimum absolute atomic E-state index is 0.0142. The van der Waals surface area contributed by atoms with Gasteiger partial charge in [0.1, 0.15) is 5.60 Å². The number of carboxylic acids is 1. The van der Waals surface area contributed by atoms with Gasteiger partial charge in [-0.2, -0.15) is 0 Å². The Labute approximate surface area is 194 Å². The van der Waals surface area contributed by atoms with Crippen LogP contribution in [0.3, 0.4) is 0 Å². The number of benzene rings is 2. The standard InChI is InChI=1S/C27H31NO5/c1-27(2)20-15-21-22(32-25(20)19-5-4-6-23(31-3)26(19)33-27)13-14-28(21)16-18-9-7-17(8-10-18)11-12-24(29)30/h4-12,20-22,25H,13-16H2,1-3H3,(H,29,30)/b12-11+/t20-,21+,22-,25+/m1/s1. The molecule has 0 unspecified atom stereocenters. The lowest BCUT2D eigenvalue weighted by Gasteiger charge is -2.51. The molecule has 0 aliphatic carbocycles. The number of ether oxygens (including phenoxy) is 3. The van der Waals surface area contributed by atoms with E-state index >= 15 is 0 Å². The molecule has 33 heavy (non-hydrogen) atoms. The smallest absolute Gasteiger partial charge is 0.328 e. The number of rotatable bonds is 5. The highest BCUT2D eigenvalue weighted by molar-refractivity contribution is 5.85. The average molecular weight is 450 g/mol. The van der Waals surface area contributed by atoms with Gasteiger partial charge in [0.2, 0.25) is 0 Å². The SMILES string of the molecule is COc1cccc2c1OC(C)(C)[C@@H]1C[C@H]3[C@@H](CCN3Cc3ccc(/C=C/C(=O)O)cc3)O[C@@H]21. The van der Waals surface area contributed by atoms with Crippen molar-refractivity contribution in [3.05, 3.63) is 65.2 Å². The lowest BCUT2D eigenvalue weighted by molar-refractivity contribution is -0.163. The van der Waals surface area contributed by atoms with Gasteiger partial charge in [-0.3, -0.25) is 4.90 Å². The second-order valence-electron chi connectivity index (χ2n) is 9.76. The number of aliphatic carboxylic acids is 1. The van der Waals surface area contributed by atoms with Gasteiger partial charge in [0, 0.05) is 36.7 Å². The second kappa shape index (κ2) is 8.50. The Morgan fingerprint density at radius 2 is 2.03 bits per heavy atom. The molecule has 6 nitrogen and oxygen atoms in total. The molecular formula is C27H31NO5. The molecule has 2 aromatic carbocycles. The molecule has 3 heterocycles. The summed E-state index contributed by atoms with van der Waals surface area (Å²) in [6.45, 7) is 6.18. The van der Waals surface area contributed by atoms with Gasteiger partial charge < -0.3 is 19.3 Å². The van der Waals surface area contributed by atoms with Crippen LogP contribution in [0, 0.1) is 5.92 Å². The fraction of sp³-hybridized carbons (Fsp3) is 0.444. The van der Waals surface area contributed by atoms with Crippen LogP contribution in [-0.4, -0.2) is 47.4 Å². The van der Waals surface area contributed by atoms with E-state index in [0.29, 0.717) is 6.04 Å². The van der Waals surface area contributed by atoms with Gasteiger partial charge in [0.05, 0.1) is 19.3 Å². The fourth-order valence-corrected chi connectivity index (χ4v) is 5.65. The molecule has 1 N–H and O–H groups in total. The summed E-state index contributed by atoms with van der Waals surface area (Å²) in [7, 11) is 1.68. The Morgan fingerprint density at radius 1 is 1.24 bits per heavy atom. The summed E-state index contributed by atoms with van der Waals surface area (Å²) < 4.78 is 18.8. The molecule has 6 heteroatoms. The molecular weight excluding hydrogens is 418 g/mol. The molecule has 0 amide bonds. The molecule has 3 aliphatic heterocycles. The van der Waals surface area contributed by atoms with Crippen molar-refractivity contribution in [3.8, 4) is 11.5 Å². The van der Waals surface area contributed by atoms with Crippen molar-refractivity contribution in [3.63, 3.8) is 0 Å². The van der Waals surface area contributed by atoms with Gasteiger partial charge in [0.15, 0.2) is 11.5 Å². The van der Waals surface area contributed by atoms with E-state index < -0.39 is 5.97 Å². The third kappa shape index (κ3) is 4.13. The largest absolute Gasteiger partial charge is 0.493 e. The predicted octanol–water partition coefficient (Wildman–Crippen LogP) is 4.68. The van der Waals surface area contributed by atoms with E-state index in [2.05, 4.69) is 36.9 Å². The number of para-hydroxylation sites is 1. The molecule has 0 spiro atoms. The third-order valence-corrected chi connectivity index (χ3v) is 7.36. The minimum Gasteiger partial charge on any atom is -0.493 e. The summed E-state index contributed by atoms with van der Waals surface area (Å²) in [6, 6.07) is 14.5. The van der Waals surface area contributed by atoms with Crippen LogP contribution in [-0.2, 0) is 16.1 Å². The second-order valence-corrected chi connectivity index (χ2v) is 9.76. The van der Waals surface area contributed by atoms with E-state index in [0.717, 1.165) is 54.6 Å². The Morgan fingerprint density at radius 3 is 2.76 bits per heavy atom. The van der Waals surface area contributed by atoms with Crippen LogP contribution in [0.5, 0.6) is 11.5 Å². The highest BCUT2D eigenvalue weighted by atomic mass is 16.5. The number of hydrogen-bond donors (Lipinski definition) is 1. The molecule has 4 atom stereocenters. The first-order chi connectivity index (χ1) is 15.9. The van der Waals surface area contributed by atoms with Crippen LogP contribution < -0.4 is 9.47 Å². The monoisotopic (exact) mass is 449 g/mol. The van der Waals surface area contributed by atoms with E-state index in [-0.39, 0.29) is 23.7 Å². The third-order valence-electron chi connectivity index (χ3n) is 7.36. The summed E-state index contributed by atoms with van der Waals surface area (Å²) in [5, 5.41) is 8.81. The summed E-state index contributed by atoms with van der Waals surface area (Å²) in [5.74, 6) is 0.895. The number of methoxy groups -OCH3 is 1. The summed E-state index contributed by atoms with van der Waals surface area (Å²) in [6.07, 6.45) is 5.05. The van der Waals surface area contributed by atoms with Gasteiger partial charge in [-0.15, -0.1) is 0 Å². The zero-order valence-corrected chi connectivity index (χ0v) is 19.4. The maximum Gasteiger partial charge on any atom is 0.328 e. The van der Waals surface area contributed by atoms with Crippen LogP contribution in [0.1, 0.15) is 49.5 Å². The number of likely N-dealkylation sites (tertiary alicyclic amines) is 1. The van der Waals surface area contributed by atoms with E-state index in [9.17, 15) is 4.79 Å². The number of fused-ring (bicyclic) bond motifs is 4. The van der Waals surface area contributed by atoms with Crippen LogP contribution in [0.25, 0.3) is 6.08 Å².